The van der Waals surface area contributed by atoms with Gasteiger partial charge in [-0.3, -0.25) is 14.7 Å². The van der Waals surface area contributed by atoms with Gasteiger partial charge in [-0.1, -0.05) is 56.3 Å². The Morgan fingerprint density at radius 2 is 1.58 bits per heavy atom. The van der Waals surface area contributed by atoms with Gasteiger partial charge in [-0.05, 0) is 48.1 Å². The van der Waals surface area contributed by atoms with Gasteiger partial charge in [0.1, 0.15) is 10.6 Å². The van der Waals surface area contributed by atoms with Gasteiger partial charge in [-0.2, -0.15) is 5.10 Å². The highest BCUT2D eigenvalue weighted by Gasteiger charge is 2.16. The first-order chi connectivity index (χ1) is 16.0. The first kappa shape index (κ1) is 22.7. The maximum Gasteiger partial charge on any atom is 0.229 e. The Balaban J connectivity index is 1.45. The molecule has 0 aliphatic carbocycles. The van der Waals surface area contributed by atoms with E-state index in [0.29, 0.717) is 12.2 Å². The largest absolute Gasteiger partial charge is 0.325 e. The lowest BCUT2D eigenvalue weighted by atomic mass is 10.0. The van der Waals surface area contributed by atoms with Crippen LogP contribution in [0.2, 0.25) is 0 Å². The second-order valence-corrected chi connectivity index (χ2v) is 9.18. The third-order valence-electron chi connectivity index (χ3n) is 5.78. The lowest BCUT2D eigenvalue weighted by Gasteiger charge is -2.14. The second kappa shape index (κ2) is 10.0. The Morgan fingerprint density at radius 1 is 0.909 bits per heavy atom. The average Bonchev–Trinajstić information content (AvgIpc) is 3.36. The molecule has 0 saturated heterocycles. The number of aryl methyl sites for hydroxylation is 3. The number of benzene rings is 2. The van der Waals surface area contributed by atoms with Crippen LogP contribution in [-0.4, -0.2) is 22.0 Å². The minimum absolute atomic E-state index is 0.0522. The van der Waals surface area contributed by atoms with E-state index in [4.69, 9.17) is 0 Å². The zero-order valence-corrected chi connectivity index (χ0v) is 19.9. The first-order valence-corrected chi connectivity index (χ1v) is 12.0. The normalized spacial score (nSPS) is 11.0. The van der Waals surface area contributed by atoms with Crippen molar-refractivity contribution in [3.63, 3.8) is 0 Å². The van der Waals surface area contributed by atoms with Crippen LogP contribution in [0, 0.1) is 6.92 Å². The van der Waals surface area contributed by atoms with Crippen molar-refractivity contribution in [2.45, 2.75) is 46.5 Å². The SMILES string of the molecule is CCc1cccc(CC)c1NC(=O)Cc1cc2c(NC(=O)Cc3ccccc3C)[nH]nc2s1. The number of carbonyl (C=O) groups is 2. The lowest BCUT2D eigenvalue weighted by molar-refractivity contribution is -0.116. The highest BCUT2D eigenvalue weighted by Crippen LogP contribution is 2.30. The molecule has 2 amide bonds. The standard InChI is InChI=1S/C26H28N4O2S/c1-4-17-11-8-12-18(5-2)24(17)27-23(32)15-20-14-21-25(29-30-26(21)33-20)28-22(31)13-19-10-7-6-9-16(19)3/h6-12,14H,4-5,13,15H2,1-3H3,(H,27,32)(H2,28,29,30,31). The minimum atomic E-state index is -0.108. The van der Waals surface area contributed by atoms with Gasteiger partial charge in [0.2, 0.25) is 11.8 Å². The maximum atomic E-state index is 12.8. The molecule has 0 unspecified atom stereocenters. The molecule has 2 heterocycles. The lowest BCUT2D eigenvalue weighted by Crippen LogP contribution is -2.16. The van der Waals surface area contributed by atoms with E-state index in [1.54, 1.807) is 0 Å². The predicted molar refractivity (Wildman–Crippen MR) is 135 cm³/mol. The molecule has 7 heteroatoms. The van der Waals surface area contributed by atoms with E-state index in [1.165, 1.54) is 11.3 Å². The fraction of sp³-hybridized carbons (Fsp3) is 0.269. The number of nitrogens with one attached hydrogen (secondary N) is 3. The van der Waals surface area contributed by atoms with Crippen LogP contribution in [0.15, 0.2) is 48.5 Å². The topological polar surface area (TPSA) is 86.9 Å². The van der Waals surface area contributed by atoms with Crippen molar-refractivity contribution < 1.29 is 9.59 Å². The van der Waals surface area contributed by atoms with Crippen molar-refractivity contribution in [2.75, 3.05) is 10.6 Å². The first-order valence-electron chi connectivity index (χ1n) is 11.2. The molecular formula is C26H28N4O2S. The zero-order chi connectivity index (χ0) is 23.4. The van der Waals surface area contributed by atoms with Gasteiger partial charge in [-0.15, -0.1) is 11.3 Å². The summed E-state index contributed by atoms with van der Waals surface area (Å²) in [5, 5.41) is 14.1. The van der Waals surface area contributed by atoms with Gasteiger partial charge >= 0.3 is 0 Å². The Labute approximate surface area is 197 Å². The van der Waals surface area contributed by atoms with Gasteiger partial charge in [-0.25, -0.2) is 0 Å². The molecule has 0 atom stereocenters. The quantitative estimate of drug-likeness (QED) is 0.328. The number of fused-ring (bicyclic) bond motifs is 1. The van der Waals surface area contributed by atoms with E-state index < -0.39 is 0 Å². The van der Waals surface area contributed by atoms with E-state index in [-0.39, 0.29) is 18.2 Å². The number of H-pyrrole nitrogens is 1. The summed E-state index contributed by atoms with van der Waals surface area (Å²) in [6, 6.07) is 15.9. The second-order valence-electron chi connectivity index (χ2n) is 8.06. The Morgan fingerprint density at radius 3 is 2.27 bits per heavy atom. The number of rotatable bonds is 8. The number of anilines is 2. The van der Waals surface area contributed by atoms with E-state index in [1.807, 2.05) is 43.3 Å². The van der Waals surface area contributed by atoms with Crippen LogP contribution in [0.3, 0.4) is 0 Å². The molecular weight excluding hydrogens is 432 g/mol. The number of nitrogens with zero attached hydrogens (tertiary/aromatic N) is 1. The summed E-state index contributed by atoms with van der Waals surface area (Å²) >= 11 is 1.46. The Hall–Kier alpha value is -3.45. The number of para-hydroxylation sites is 1. The van der Waals surface area contributed by atoms with Crippen molar-refractivity contribution in [1.82, 2.24) is 10.2 Å². The number of aromatic nitrogens is 2. The minimum Gasteiger partial charge on any atom is -0.325 e. The molecule has 0 fully saturated rings. The summed E-state index contributed by atoms with van der Waals surface area (Å²) in [6.07, 6.45) is 2.28. The Bertz CT molecular complexity index is 1280. The fourth-order valence-corrected chi connectivity index (χ4v) is 4.94. The highest BCUT2D eigenvalue weighted by atomic mass is 32.1. The summed E-state index contributed by atoms with van der Waals surface area (Å²) in [6.45, 7) is 6.18. The van der Waals surface area contributed by atoms with E-state index in [0.717, 1.165) is 55.9 Å². The van der Waals surface area contributed by atoms with Crippen LogP contribution >= 0.6 is 11.3 Å². The third kappa shape index (κ3) is 5.14. The van der Waals surface area contributed by atoms with Gasteiger partial charge < -0.3 is 10.6 Å². The van der Waals surface area contributed by atoms with Crippen LogP contribution in [0.5, 0.6) is 0 Å². The van der Waals surface area contributed by atoms with E-state index in [9.17, 15) is 9.59 Å². The number of thiophene rings is 1. The van der Waals surface area contributed by atoms with Gasteiger partial charge in [0.25, 0.3) is 0 Å². The monoisotopic (exact) mass is 460 g/mol. The molecule has 0 spiro atoms. The van der Waals surface area contributed by atoms with Crippen molar-refractivity contribution in [3.8, 4) is 0 Å². The molecule has 0 radical (unpaired) electrons. The summed E-state index contributed by atoms with van der Waals surface area (Å²) in [7, 11) is 0. The molecule has 2 aromatic heterocycles. The van der Waals surface area contributed by atoms with E-state index in [2.05, 4.69) is 46.8 Å². The van der Waals surface area contributed by atoms with Crippen molar-refractivity contribution in [1.29, 1.82) is 0 Å². The molecule has 0 aliphatic heterocycles. The van der Waals surface area contributed by atoms with Crippen molar-refractivity contribution in [3.05, 3.63) is 75.7 Å². The smallest absolute Gasteiger partial charge is 0.229 e. The molecule has 0 saturated carbocycles. The molecule has 170 valence electrons. The molecule has 4 aromatic rings. The fourth-order valence-electron chi connectivity index (χ4n) is 3.95. The number of amides is 2. The summed E-state index contributed by atoms with van der Waals surface area (Å²) < 4.78 is 0. The summed E-state index contributed by atoms with van der Waals surface area (Å²) in [5.41, 5.74) is 5.29. The van der Waals surface area contributed by atoms with Gasteiger partial charge in [0.15, 0.2) is 0 Å². The third-order valence-corrected chi connectivity index (χ3v) is 6.81. The number of carbonyl (C=O) groups excluding carboxylic acids is 2. The highest BCUT2D eigenvalue weighted by molar-refractivity contribution is 7.18. The molecule has 2 aromatic carbocycles. The molecule has 4 rings (SSSR count). The van der Waals surface area contributed by atoms with Crippen LogP contribution < -0.4 is 10.6 Å². The molecule has 0 bridgehead atoms. The molecule has 33 heavy (non-hydrogen) atoms. The van der Waals surface area contributed by atoms with Crippen LogP contribution in [0.4, 0.5) is 11.5 Å². The predicted octanol–water partition coefficient (Wildman–Crippen LogP) is 5.42. The van der Waals surface area contributed by atoms with Crippen molar-refractivity contribution in [2.24, 2.45) is 0 Å². The molecule has 0 aliphatic rings. The van der Waals surface area contributed by atoms with E-state index >= 15 is 0 Å². The maximum absolute atomic E-state index is 12.8. The average molecular weight is 461 g/mol. The number of hydrogen-bond donors (Lipinski definition) is 3. The van der Waals surface area contributed by atoms with Crippen molar-refractivity contribution >= 4 is 44.9 Å². The molecule has 6 nitrogen and oxygen atoms in total. The van der Waals surface area contributed by atoms with Crippen LogP contribution in [-0.2, 0) is 35.3 Å². The van der Waals surface area contributed by atoms with Crippen LogP contribution in [0.25, 0.3) is 10.2 Å². The molecule has 3 N–H and O–H groups in total. The van der Waals surface area contributed by atoms with Crippen LogP contribution in [0.1, 0.15) is 41.0 Å². The Kier molecular flexibility index (Phi) is 6.89. The zero-order valence-electron chi connectivity index (χ0n) is 19.1. The number of hydrogen-bond acceptors (Lipinski definition) is 4. The van der Waals surface area contributed by atoms with Gasteiger partial charge in [0, 0.05) is 10.6 Å². The summed E-state index contributed by atoms with van der Waals surface area (Å²) in [4.78, 5) is 27.1. The summed E-state index contributed by atoms with van der Waals surface area (Å²) in [5.74, 6) is 0.406. The van der Waals surface area contributed by atoms with Gasteiger partial charge in [0.05, 0.1) is 18.2 Å². The number of aromatic amines is 1.